The number of carbonyl (C=O) groups excluding carboxylic acids is 1. The SMILES string of the molecule is CN(CC1(O)CCCN(c2ccc(F)cn2)C1)C(=O)CCC(=O)O. The van der Waals surface area contributed by atoms with E-state index < -0.39 is 17.4 Å². The smallest absolute Gasteiger partial charge is 0.303 e. The lowest BCUT2D eigenvalue weighted by molar-refractivity contribution is -0.141. The Balaban J connectivity index is 1.97. The van der Waals surface area contributed by atoms with Crippen molar-refractivity contribution in [3.05, 3.63) is 24.1 Å². The molecule has 1 aliphatic rings. The van der Waals surface area contributed by atoms with Crippen molar-refractivity contribution in [1.29, 1.82) is 0 Å². The third-order valence-electron chi connectivity index (χ3n) is 4.10. The molecule has 1 aromatic heterocycles. The van der Waals surface area contributed by atoms with Crippen LogP contribution < -0.4 is 4.90 Å². The van der Waals surface area contributed by atoms with E-state index in [1.165, 1.54) is 11.0 Å². The first-order chi connectivity index (χ1) is 11.3. The molecule has 1 amide bonds. The van der Waals surface area contributed by atoms with E-state index in [0.29, 0.717) is 25.2 Å². The van der Waals surface area contributed by atoms with Gasteiger partial charge in [0.25, 0.3) is 0 Å². The third kappa shape index (κ3) is 4.89. The Bertz CT molecular complexity index is 595. The topological polar surface area (TPSA) is 94.0 Å². The summed E-state index contributed by atoms with van der Waals surface area (Å²) in [4.78, 5) is 29.7. The molecule has 1 aromatic rings. The van der Waals surface area contributed by atoms with Crippen LogP contribution in [0, 0.1) is 5.82 Å². The number of anilines is 1. The van der Waals surface area contributed by atoms with Crippen LogP contribution >= 0.6 is 0 Å². The van der Waals surface area contributed by atoms with Crippen molar-refractivity contribution in [1.82, 2.24) is 9.88 Å². The van der Waals surface area contributed by atoms with Gasteiger partial charge in [-0.1, -0.05) is 0 Å². The molecular formula is C16H22FN3O4. The lowest BCUT2D eigenvalue weighted by atomic mass is 9.92. The maximum absolute atomic E-state index is 13.0. The molecule has 2 heterocycles. The number of aliphatic carboxylic acids is 1. The molecule has 1 unspecified atom stereocenters. The van der Waals surface area contributed by atoms with Gasteiger partial charge in [0.2, 0.25) is 5.91 Å². The van der Waals surface area contributed by atoms with Gasteiger partial charge in [0.1, 0.15) is 11.6 Å². The Morgan fingerprint density at radius 3 is 2.79 bits per heavy atom. The number of hydrogen-bond acceptors (Lipinski definition) is 5. The van der Waals surface area contributed by atoms with Gasteiger partial charge in [-0.25, -0.2) is 9.37 Å². The minimum Gasteiger partial charge on any atom is -0.481 e. The number of carbonyl (C=O) groups is 2. The van der Waals surface area contributed by atoms with Crippen molar-refractivity contribution in [3.8, 4) is 0 Å². The first-order valence-corrected chi connectivity index (χ1v) is 7.84. The Hall–Kier alpha value is -2.22. The molecule has 24 heavy (non-hydrogen) atoms. The summed E-state index contributed by atoms with van der Waals surface area (Å²) in [6, 6.07) is 2.88. The van der Waals surface area contributed by atoms with Crippen LogP contribution in [0.15, 0.2) is 18.3 Å². The Morgan fingerprint density at radius 1 is 1.42 bits per heavy atom. The Morgan fingerprint density at radius 2 is 2.17 bits per heavy atom. The lowest BCUT2D eigenvalue weighted by Crippen LogP contribution is -2.54. The van der Waals surface area contributed by atoms with Crippen molar-refractivity contribution in [2.24, 2.45) is 0 Å². The second kappa shape index (κ2) is 7.57. The van der Waals surface area contributed by atoms with E-state index in [2.05, 4.69) is 4.98 Å². The van der Waals surface area contributed by atoms with Crippen LogP contribution in [0.1, 0.15) is 25.7 Å². The van der Waals surface area contributed by atoms with E-state index in [1.54, 1.807) is 13.1 Å². The van der Waals surface area contributed by atoms with Gasteiger partial charge in [-0.15, -0.1) is 0 Å². The second-order valence-corrected chi connectivity index (χ2v) is 6.23. The fraction of sp³-hybridized carbons (Fsp3) is 0.562. The minimum atomic E-state index is -1.11. The Labute approximate surface area is 139 Å². The monoisotopic (exact) mass is 339 g/mol. The van der Waals surface area contributed by atoms with E-state index in [0.717, 1.165) is 6.20 Å². The van der Waals surface area contributed by atoms with Crippen molar-refractivity contribution >= 4 is 17.7 Å². The zero-order valence-corrected chi connectivity index (χ0v) is 13.6. The van der Waals surface area contributed by atoms with Gasteiger partial charge in [-0.05, 0) is 25.0 Å². The van der Waals surface area contributed by atoms with E-state index in [4.69, 9.17) is 5.11 Å². The number of aromatic nitrogens is 1. The van der Waals surface area contributed by atoms with Crippen LogP contribution in [-0.2, 0) is 9.59 Å². The standard InChI is InChI=1S/C16H22FN3O4/c1-19(14(21)5-6-15(22)23)10-16(24)7-2-8-20(11-16)13-4-3-12(17)9-18-13/h3-4,9,24H,2,5-8,10-11H2,1H3,(H,22,23). The molecule has 0 radical (unpaired) electrons. The number of β-amino-alcohol motifs (C(OH)–C–C–N with tert-alkyl or cyclic N) is 1. The highest BCUT2D eigenvalue weighted by molar-refractivity contribution is 5.80. The molecule has 1 saturated heterocycles. The molecule has 132 valence electrons. The summed E-state index contributed by atoms with van der Waals surface area (Å²) in [6.07, 6.45) is 2.05. The van der Waals surface area contributed by atoms with Crippen LogP contribution in [0.25, 0.3) is 0 Å². The molecule has 0 spiro atoms. The van der Waals surface area contributed by atoms with Gasteiger partial charge in [-0.2, -0.15) is 0 Å². The van der Waals surface area contributed by atoms with E-state index in [9.17, 15) is 19.1 Å². The summed E-state index contributed by atoms with van der Waals surface area (Å²) in [5.41, 5.74) is -1.11. The van der Waals surface area contributed by atoms with Gasteiger partial charge in [0, 0.05) is 26.6 Å². The molecule has 1 fully saturated rings. The summed E-state index contributed by atoms with van der Waals surface area (Å²) in [5, 5.41) is 19.4. The van der Waals surface area contributed by atoms with Gasteiger partial charge in [0.15, 0.2) is 0 Å². The number of hydrogen-bond donors (Lipinski definition) is 2. The number of carboxylic acid groups (broad SMARTS) is 1. The number of piperidine rings is 1. The number of pyridine rings is 1. The van der Waals surface area contributed by atoms with E-state index in [1.807, 2.05) is 4.90 Å². The van der Waals surface area contributed by atoms with Crippen LogP contribution in [0.3, 0.4) is 0 Å². The molecule has 1 aliphatic heterocycles. The quantitative estimate of drug-likeness (QED) is 0.799. The fourth-order valence-corrected chi connectivity index (χ4v) is 2.93. The molecule has 8 heteroatoms. The fourth-order valence-electron chi connectivity index (χ4n) is 2.93. The number of aliphatic hydroxyl groups is 1. The molecule has 0 saturated carbocycles. The number of nitrogens with zero attached hydrogens (tertiary/aromatic N) is 3. The van der Waals surface area contributed by atoms with Crippen LogP contribution in [0.2, 0.25) is 0 Å². The molecule has 0 aliphatic carbocycles. The van der Waals surface area contributed by atoms with E-state index in [-0.39, 0.29) is 31.8 Å². The Kier molecular flexibility index (Phi) is 5.71. The van der Waals surface area contributed by atoms with Crippen LogP contribution in [0.4, 0.5) is 10.2 Å². The first-order valence-electron chi connectivity index (χ1n) is 7.84. The summed E-state index contributed by atoms with van der Waals surface area (Å²) in [6.45, 7) is 1.09. The number of rotatable bonds is 6. The highest BCUT2D eigenvalue weighted by atomic mass is 19.1. The first kappa shape index (κ1) is 18.1. The molecule has 0 aromatic carbocycles. The third-order valence-corrected chi connectivity index (χ3v) is 4.10. The molecule has 0 bridgehead atoms. The van der Waals surface area contributed by atoms with Gasteiger partial charge in [-0.3, -0.25) is 9.59 Å². The molecule has 7 nitrogen and oxygen atoms in total. The highest BCUT2D eigenvalue weighted by Gasteiger charge is 2.35. The molecule has 2 rings (SSSR count). The molecule has 2 N–H and O–H groups in total. The van der Waals surface area contributed by atoms with Crippen molar-refractivity contribution < 1.29 is 24.2 Å². The normalized spacial score (nSPS) is 20.7. The number of amides is 1. The second-order valence-electron chi connectivity index (χ2n) is 6.23. The maximum atomic E-state index is 13.0. The molecule has 1 atom stereocenters. The van der Waals surface area contributed by atoms with Crippen molar-refractivity contribution in [2.45, 2.75) is 31.3 Å². The van der Waals surface area contributed by atoms with Gasteiger partial charge < -0.3 is 20.0 Å². The largest absolute Gasteiger partial charge is 0.481 e. The van der Waals surface area contributed by atoms with Crippen molar-refractivity contribution in [3.63, 3.8) is 0 Å². The zero-order chi connectivity index (χ0) is 17.7. The summed E-state index contributed by atoms with van der Waals surface area (Å²) in [7, 11) is 1.55. The predicted octanol–water partition coefficient (Wildman–Crippen LogP) is 0.875. The van der Waals surface area contributed by atoms with Crippen LogP contribution in [-0.4, -0.2) is 64.3 Å². The number of halogens is 1. The average Bonchev–Trinajstić information content (AvgIpc) is 2.52. The summed E-state index contributed by atoms with van der Waals surface area (Å²) in [5.74, 6) is -1.19. The number of likely N-dealkylation sites (N-methyl/N-ethyl adjacent to an activating group) is 1. The maximum Gasteiger partial charge on any atom is 0.303 e. The van der Waals surface area contributed by atoms with Crippen LogP contribution in [0.5, 0.6) is 0 Å². The van der Waals surface area contributed by atoms with Crippen molar-refractivity contribution in [2.75, 3.05) is 31.6 Å². The van der Waals surface area contributed by atoms with Gasteiger partial charge in [0.05, 0.1) is 24.8 Å². The van der Waals surface area contributed by atoms with E-state index >= 15 is 0 Å². The molecular weight excluding hydrogens is 317 g/mol. The highest BCUT2D eigenvalue weighted by Crippen LogP contribution is 2.25. The average molecular weight is 339 g/mol. The van der Waals surface area contributed by atoms with Gasteiger partial charge >= 0.3 is 5.97 Å². The predicted molar refractivity (Wildman–Crippen MR) is 85.1 cm³/mol. The summed E-state index contributed by atoms with van der Waals surface area (Å²) < 4.78 is 13.0. The minimum absolute atomic E-state index is 0.0921. The summed E-state index contributed by atoms with van der Waals surface area (Å²) >= 11 is 0. The number of carboxylic acids is 1. The lowest BCUT2D eigenvalue weighted by Gasteiger charge is -2.41. The zero-order valence-electron chi connectivity index (χ0n) is 13.6.